The van der Waals surface area contributed by atoms with E-state index in [1.165, 1.54) is 6.07 Å². The summed E-state index contributed by atoms with van der Waals surface area (Å²) in [5.74, 6) is -4.77. The van der Waals surface area contributed by atoms with Gasteiger partial charge in [-0.1, -0.05) is 28.4 Å². The van der Waals surface area contributed by atoms with E-state index in [-0.39, 0.29) is 20.5 Å². The maximum absolute atomic E-state index is 14.6. The van der Waals surface area contributed by atoms with Crippen molar-refractivity contribution in [3.63, 3.8) is 0 Å². The number of oxime groups is 1. The Morgan fingerprint density at radius 1 is 1.24 bits per heavy atom. The molecule has 0 saturated heterocycles. The van der Waals surface area contributed by atoms with Crippen molar-refractivity contribution in [3.05, 3.63) is 54.9 Å². The minimum atomic E-state index is -5.09. The third-order valence-corrected chi connectivity index (χ3v) is 7.23. The largest absolute Gasteiger partial charge is 0.435 e. The van der Waals surface area contributed by atoms with Crippen molar-refractivity contribution in [3.8, 4) is 0 Å². The molecule has 1 saturated carbocycles. The first kappa shape index (κ1) is 24.2. The molecule has 4 nitrogen and oxygen atoms in total. The van der Waals surface area contributed by atoms with Crippen LogP contribution in [-0.4, -0.2) is 29.8 Å². The Hall–Kier alpha value is -1.98. The maximum Gasteiger partial charge on any atom is 0.435 e. The highest BCUT2D eigenvalue weighted by molar-refractivity contribution is 7.16. The van der Waals surface area contributed by atoms with Crippen molar-refractivity contribution >= 4 is 46.2 Å². The smallest absolute Gasteiger partial charge is 0.374 e. The summed E-state index contributed by atoms with van der Waals surface area (Å²) in [5, 5.41) is 5.20. The van der Waals surface area contributed by atoms with Gasteiger partial charge in [-0.2, -0.15) is 13.2 Å². The van der Waals surface area contributed by atoms with Crippen LogP contribution >= 0.6 is 34.5 Å². The Kier molecular flexibility index (Phi) is 5.90. The predicted molar refractivity (Wildman–Crippen MR) is 111 cm³/mol. The minimum absolute atomic E-state index is 0.143. The number of carbonyl (C=O) groups excluding carboxylic acids is 1. The van der Waals surface area contributed by atoms with Crippen LogP contribution in [0.25, 0.3) is 0 Å². The van der Waals surface area contributed by atoms with E-state index in [0.29, 0.717) is 5.56 Å². The van der Waals surface area contributed by atoms with Crippen molar-refractivity contribution in [1.29, 1.82) is 0 Å². The average Bonchev–Trinajstić information content (AvgIpc) is 3.27. The number of benzene rings is 1. The number of nitrogens with one attached hydrogen (secondary N) is 1. The molecule has 0 radical (unpaired) electrons. The van der Waals surface area contributed by atoms with Gasteiger partial charge in [0.2, 0.25) is 0 Å². The highest BCUT2D eigenvalue weighted by Gasteiger charge is 2.63. The van der Waals surface area contributed by atoms with Crippen molar-refractivity contribution < 1.29 is 36.0 Å². The quantitative estimate of drug-likeness (QED) is 0.357. The molecule has 1 aliphatic carbocycles. The van der Waals surface area contributed by atoms with E-state index in [4.69, 9.17) is 28.0 Å². The molecule has 0 bridgehead atoms. The fraction of sp³-hybridized carbons (Fsp3) is 0.400. The highest BCUT2D eigenvalue weighted by Crippen LogP contribution is 2.51. The first-order valence-electron chi connectivity index (χ1n) is 9.49. The first-order valence-corrected chi connectivity index (χ1v) is 11.1. The van der Waals surface area contributed by atoms with E-state index in [1.807, 2.05) is 0 Å². The Balaban J connectivity index is 1.61. The molecule has 1 fully saturated rings. The number of thiophene rings is 1. The summed E-state index contributed by atoms with van der Waals surface area (Å²) in [5.41, 5.74) is -3.82. The van der Waals surface area contributed by atoms with Gasteiger partial charge in [-0.3, -0.25) is 4.79 Å². The summed E-state index contributed by atoms with van der Waals surface area (Å²) in [6, 6.07) is 2.50. The van der Waals surface area contributed by atoms with Gasteiger partial charge < -0.3 is 10.2 Å². The van der Waals surface area contributed by atoms with Crippen molar-refractivity contribution in [2.45, 2.75) is 49.9 Å². The lowest BCUT2D eigenvalue weighted by Gasteiger charge is -2.35. The summed E-state index contributed by atoms with van der Waals surface area (Å²) in [7, 11) is 0. The molecule has 2 aromatic rings. The molecule has 13 heteroatoms. The van der Waals surface area contributed by atoms with Gasteiger partial charge in [0.15, 0.2) is 0 Å². The zero-order chi connectivity index (χ0) is 24.3. The number of amides is 1. The number of nitrogens with zero attached hydrogens (tertiary/aromatic N) is 1. The van der Waals surface area contributed by atoms with Gasteiger partial charge >= 0.3 is 6.18 Å². The molecule has 2 heterocycles. The second kappa shape index (κ2) is 8.06. The lowest BCUT2D eigenvalue weighted by atomic mass is 9.87. The number of alkyl halides is 5. The molecular weight excluding hydrogens is 517 g/mol. The SMILES string of the molecule is Cc1cc(C2=NO[C@](c3cc(Cl)cc(Cl)c3F)(C(F)(F)F)C2)sc1C(=O)NC1CC(F)(F)C1. The minimum Gasteiger partial charge on any atom is -0.374 e. The van der Waals surface area contributed by atoms with Gasteiger partial charge in [0.05, 0.1) is 21.2 Å². The van der Waals surface area contributed by atoms with Crippen LogP contribution in [0.15, 0.2) is 23.4 Å². The van der Waals surface area contributed by atoms with Crippen LogP contribution in [0.3, 0.4) is 0 Å². The molecular formula is C20H14Cl2F6N2O2S. The fourth-order valence-corrected chi connectivity index (χ4v) is 5.28. The van der Waals surface area contributed by atoms with Crippen LogP contribution < -0.4 is 5.32 Å². The standard InChI is InChI=1S/C20H14Cl2F6N2O2S/c1-8-2-14(33-16(8)17(31)29-10-5-18(24,25)6-10)13-7-19(32-30-13,20(26,27)28)11-3-9(21)4-12(22)15(11)23/h2-4,10H,5-7H2,1H3,(H,29,31)/t19-/m1/s1. The molecule has 1 atom stereocenters. The highest BCUT2D eigenvalue weighted by atomic mass is 35.5. The van der Waals surface area contributed by atoms with Gasteiger partial charge in [-0.05, 0) is 30.7 Å². The normalized spacial score (nSPS) is 22.5. The molecule has 4 rings (SSSR count). The number of halogens is 8. The summed E-state index contributed by atoms with van der Waals surface area (Å²) in [6.07, 6.45) is -6.92. The molecule has 33 heavy (non-hydrogen) atoms. The number of aryl methyl sites for hydroxylation is 1. The summed E-state index contributed by atoms with van der Waals surface area (Å²) < 4.78 is 83.0. The first-order chi connectivity index (χ1) is 15.2. The van der Waals surface area contributed by atoms with E-state index in [9.17, 15) is 31.1 Å². The molecule has 0 unspecified atom stereocenters. The van der Waals surface area contributed by atoms with E-state index < -0.39 is 65.3 Å². The molecule has 2 aliphatic rings. The van der Waals surface area contributed by atoms with Crippen LogP contribution in [0.4, 0.5) is 26.3 Å². The van der Waals surface area contributed by atoms with Gasteiger partial charge in [0.25, 0.3) is 17.4 Å². The van der Waals surface area contributed by atoms with E-state index >= 15 is 0 Å². The molecule has 1 amide bonds. The molecule has 1 N–H and O–H groups in total. The Morgan fingerprint density at radius 3 is 2.52 bits per heavy atom. The van der Waals surface area contributed by atoms with Crippen LogP contribution in [0.1, 0.15) is 44.9 Å². The molecule has 1 aliphatic heterocycles. The average molecular weight is 531 g/mol. The zero-order valence-electron chi connectivity index (χ0n) is 16.6. The Bertz CT molecular complexity index is 1160. The summed E-state index contributed by atoms with van der Waals surface area (Å²) in [4.78, 5) is 17.6. The van der Waals surface area contributed by atoms with Crippen LogP contribution in [0, 0.1) is 12.7 Å². The summed E-state index contributed by atoms with van der Waals surface area (Å²) >= 11 is 12.3. The monoisotopic (exact) mass is 530 g/mol. The predicted octanol–water partition coefficient (Wildman–Crippen LogP) is 6.61. The summed E-state index contributed by atoms with van der Waals surface area (Å²) in [6.45, 7) is 1.55. The molecule has 0 spiro atoms. The van der Waals surface area contributed by atoms with E-state index in [2.05, 4.69) is 10.5 Å². The fourth-order valence-electron chi connectivity index (χ4n) is 3.73. The number of carbonyl (C=O) groups is 1. The van der Waals surface area contributed by atoms with Gasteiger partial charge in [0.1, 0.15) is 11.5 Å². The van der Waals surface area contributed by atoms with E-state index in [0.717, 1.165) is 23.5 Å². The Labute approximate surface area is 197 Å². The molecule has 1 aromatic carbocycles. The lowest BCUT2D eigenvalue weighted by molar-refractivity contribution is -0.276. The van der Waals surface area contributed by atoms with Crippen molar-refractivity contribution in [2.75, 3.05) is 0 Å². The zero-order valence-corrected chi connectivity index (χ0v) is 19.0. The van der Waals surface area contributed by atoms with Crippen LogP contribution in [0.5, 0.6) is 0 Å². The lowest BCUT2D eigenvalue weighted by Crippen LogP contribution is -2.50. The van der Waals surface area contributed by atoms with Gasteiger partial charge in [0, 0.05) is 29.5 Å². The second-order valence-electron chi connectivity index (χ2n) is 7.94. The third-order valence-electron chi connectivity index (χ3n) is 5.45. The van der Waals surface area contributed by atoms with Crippen LogP contribution in [-0.2, 0) is 10.4 Å². The van der Waals surface area contributed by atoms with E-state index in [1.54, 1.807) is 6.92 Å². The van der Waals surface area contributed by atoms with Crippen molar-refractivity contribution in [1.82, 2.24) is 5.32 Å². The number of hydrogen-bond donors (Lipinski definition) is 1. The van der Waals surface area contributed by atoms with Crippen LogP contribution in [0.2, 0.25) is 10.0 Å². The maximum atomic E-state index is 14.6. The van der Waals surface area contributed by atoms with Crippen molar-refractivity contribution in [2.24, 2.45) is 5.16 Å². The van der Waals surface area contributed by atoms with Gasteiger partial charge in [-0.25, -0.2) is 13.2 Å². The molecule has 1 aromatic heterocycles. The van der Waals surface area contributed by atoms with Gasteiger partial charge in [-0.15, -0.1) is 11.3 Å². The number of hydrogen-bond acceptors (Lipinski definition) is 4. The Morgan fingerprint density at radius 2 is 1.91 bits per heavy atom. The topological polar surface area (TPSA) is 50.7 Å². The second-order valence-corrected chi connectivity index (χ2v) is 9.83. The molecule has 178 valence electrons. The number of rotatable bonds is 4. The third kappa shape index (κ3) is 4.30.